The SMILES string of the molecule is O=C(O)c1ccccc1S(=O)(=O)c1ccc(F)cc1. The van der Waals surface area contributed by atoms with Crippen LogP contribution in [0.1, 0.15) is 10.4 Å². The van der Waals surface area contributed by atoms with E-state index in [0.29, 0.717) is 0 Å². The van der Waals surface area contributed by atoms with Gasteiger partial charge in [0, 0.05) is 0 Å². The van der Waals surface area contributed by atoms with Gasteiger partial charge in [0.1, 0.15) is 5.82 Å². The predicted molar refractivity (Wildman–Crippen MR) is 65.3 cm³/mol. The maximum atomic E-state index is 12.8. The van der Waals surface area contributed by atoms with E-state index in [9.17, 15) is 17.6 Å². The largest absolute Gasteiger partial charge is 0.478 e. The van der Waals surface area contributed by atoms with Crippen molar-refractivity contribution in [1.82, 2.24) is 0 Å². The number of sulfone groups is 1. The average Bonchev–Trinajstić information content (AvgIpc) is 2.39. The molecule has 0 aliphatic rings. The lowest BCUT2D eigenvalue weighted by Crippen LogP contribution is -2.09. The number of benzene rings is 2. The topological polar surface area (TPSA) is 71.4 Å². The summed E-state index contributed by atoms with van der Waals surface area (Å²) in [5.41, 5.74) is -0.313. The van der Waals surface area contributed by atoms with Gasteiger partial charge in [-0.25, -0.2) is 17.6 Å². The smallest absolute Gasteiger partial charge is 0.337 e. The molecule has 0 amide bonds. The van der Waals surface area contributed by atoms with Crippen molar-refractivity contribution in [2.75, 3.05) is 0 Å². The van der Waals surface area contributed by atoms with Crippen LogP contribution in [-0.4, -0.2) is 19.5 Å². The van der Waals surface area contributed by atoms with Crippen molar-refractivity contribution in [3.05, 3.63) is 59.9 Å². The fourth-order valence-electron chi connectivity index (χ4n) is 1.62. The summed E-state index contributed by atoms with van der Waals surface area (Å²) in [5.74, 6) is -1.90. The molecule has 19 heavy (non-hydrogen) atoms. The zero-order valence-electron chi connectivity index (χ0n) is 9.58. The van der Waals surface area contributed by atoms with Gasteiger partial charge in [0.15, 0.2) is 0 Å². The van der Waals surface area contributed by atoms with E-state index in [4.69, 9.17) is 5.11 Å². The van der Waals surface area contributed by atoms with Gasteiger partial charge in [-0.3, -0.25) is 0 Å². The Labute approximate surface area is 109 Å². The second kappa shape index (κ2) is 4.81. The van der Waals surface area contributed by atoms with Crippen LogP contribution < -0.4 is 0 Å². The Hall–Kier alpha value is -2.21. The summed E-state index contributed by atoms with van der Waals surface area (Å²) < 4.78 is 37.4. The molecular weight excluding hydrogens is 271 g/mol. The first kappa shape index (κ1) is 13.2. The lowest BCUT2D eigenvalue weighted by atomic mass is 10.2. The molecule has 0 aliphatic heterocycles. The molecule has 0 saturated heterocycles. The number of carboxylic acid groups (broad SMARTS) is 1. The minimum atomic E-state index is -3.98. The summed E-state index contributed by atoms with van der Waals surface area (Å²) >= 11 is 0. The monoisotopic (exact) mass is 280 g/mol. The molecule has 6 heteroatoms. The van der Waals surface area contributed by atoms with Gasteiger partial charge in [-0.05, 0) is 36.4 Å². The molecule has 1 N–H and O–H groups in total. The Balaban J connectivity index is 2.63. The highest BCUT2D eigenvalue weighted by molar-refractivity contribution is 7.91. The van der Waals surface area contributed by atoms with Crippen LogP contribution in [-0.2, 0) is 9.84 Å². The number of carboxylic acids is 1. The summed E-state index contributed by atoms with van der Waals surface area (Å²) in [6, 6.07) is 9.51. The number of hydrogen-bond acceptors (Lipinski definition) is 3. The van der Waals surface area contributed by atoms with Crippen LogP contribution in [0.3, 0.4) is 0 Å². The average molecular weight is 280 g/mol. The summed E-state index contributed by atoms with van der Waals surface area (Å²) in [4.78, 5) is 10.6. The molecule has 2 aromatic rings. The van der Waals surface area contributed by atoms with Crippen molar-refractivity contribution >= 4 is 15.8 Å². The minimum absolute atomic E-state index is 0.150. The van der Waals surface area contributed by atoms with Gasteiger partial charge in [0.2, 0.25) is 9.84 Å². The molecule has 98 valence electrons. The van der Waals surface area contributed by atoms with Gasteiger partial charge in [-0.2, -0.15) is 0 Å². The minimum Gasteiger partial charge on any atom is -0.478 e. The maximum Gasteiger partial charge on any atom is 0.337 e. The van der Waals surface area contributed by atoms with Crippen molar-refractivity contribution in [3.63, 3.8) is 0 Å². The van der Waals surface area contributed by atoms with Crippen LogP contribution >= 0.6 is 0 Å². The van der Waals surface area contributed by atoms with Crippen molar-refractivity contribution in [1.29, 1.82) is 0 Å². The third-order valence-electron chi connectivity index (χ3n) is 2.53. The van der Waals surface area contributed by atoms with Gasteiger partial charge in [0.25, 0.3) is 0 Å². The van der Waals surface area contributed by atoms with Gasteiger partial charge < -0.3 is 5.11 Å². The molecule has 2 aromatic carbocycles. The van der Waals surface area contributed by atoms with Crippen molar-refractivity contribution in [2.24, 2.45) is 0 Å². The molecule has 0 radical (unpaired) electrons. The van der Waals surface area contributed by atoms with E-state index in [1.54, 1.807) is 0 Å². The summed E-state index contributed by atoms with van der Waals surface area (Å²) in [7, 11) is -3.98. The highest BCUT2D eigenvalue weighted by Gasteiger charge is 2.23. The van der Waals surface area contributed by atoms with Crippen molar-refractivity contribution in [3.8, 4) is 0 Å². The molecule has 2 rings (SSSR count). The maximum absolute atomic E-state index is 12.8. The Morgan fingerprint density at radius 2 is 1.58 bits per heavy atom. The van der Waals surface area contributed by atoms with Gasteiger partial charge >= 0.3 is 5.97 Å². The lowest BCUT2D eigenvalue weighted by molar-refractivity contribution is 0.0692. The van der Waals surface area contributed by atoms with Crippen LogP contribution in [0.25, 0.3) is 0 Å². The molecule has 0 aliphatic carbocycles. The highest BCUT2D eigenvalue weighted by Crippen LogP contribution is 2.24. The first-order valence-electron chi connectivity index (χ1n) is 5.26. The predicted octanol–water partition coefficient (Wildman–Crippen LogP) is 2.36. The van der Waals surface area contributed by atoms with E-state index in [1.165, 1.54) is 24.3 Å². The Bertz CT molecular complexity index is 721. The molecular formula is C13H9FO4S. The number of aromatic carboxylic acids is 1. The zero-order chi connectivity index (χ0) is 14.0. The second-order valence-electron chi connectivity index (χ2n) is 3.76. The third-order valence-corrected chi connectivity index (χ3v) is 4.36. The molecule has 0 fully saturated rings. The van der Waals surface area contributed by atoms with Gasteiger partial charge in [-0.1, -0.05) is 12.1 Å². The van der Waals surface area contributed by atoms with Crippen LogP contribution in [0.15, 0.2) is 58.3 Å². The highest BCUT2D eigenvalue weighted by atomic mass is 32.2. The van der Waals surface area contributed by atoms with E-state index < -0.39 is 21.6 Å². The van der Waals surface area contributed by atoms with E-state index >= 15 is 0 Å². The summed E-state index contributed by atoms with van der Waals surface area (Å²) in [6.07, 6.45) is 0. The van der Waals surface area contributed by atoms with E-state index in [1.807, 2.05) is 0 Å². The fraction of sp³-hybridized carbons (Fsp3) is 0. The second-order valence-corrected chi connectivity index (χ2v) is 5.68. The number of halogens is 1. The van der Waals surface area contributed by atoms with Gasteiger partial charge in [-0.15, -0.1) is 0 Å². The molecule has 0 unspecified atom stereocenters. The van der Waals surface area contributed by atoms with Gasteiger partial charge in [0.05, 0.1) is 15.4 Å². The van der Waals surface area contributed by atoms with Crippen molar-refractivity contribution in [2.45, 2.75) is 9.79 Å². The van der Waals surface area contributed by atoms with Crippen LogP contribution in [0, 0.1) is 5.82 Å². The van der Waals surface area contributed by atoms with Crippen molar-refractivity contribution < 1.29 is 22.7 Å². The third kappa shape index (κ3) is 2.48. The van der Waals surface area contributed by atoms with E-state index in [-0.39, 0.29) is 15.4 Å². The molecule has 4 nitrogen and oxygen atoms in total. The zero-order valence-corrected chi connectivity index (χ0v) is 10.4. The Kier molecular flexibility index (Phi) is 3.35. The molecule has 0 heterocycles. The number of hydrogen-bond donors (Lipinski definition) is 1. The Morgan fingerprint density at radius 3 is 2.16 bits per heavy atom. The molecule has 0 aromatic heterocycles. The van der Waals surface area contributed by atoms with E-state index in [2.05, 4.69) is 0 Å². The summed E-state index contributed by atoms with van der Waals surface area (Å²) in [5, 5.41) is 9.00. The number of rotatable bonds is 3. The molecule has 0 atom stereocenters. The standard InChI is InChI=1S/C13H9FO4S/c14-9-5-7-10(8-6-9)19(17,18)12-4-2-1-3-11(12)13(15)16/h1-8H,(H,15,16). The first-order valence-corrected chi connectivity index (χ1v) is 6.74. The lowest BCUT2D eigenvalue weighted by Gasteiger charge is -2.07. The normalized spacial score (nSPS) is 11.2. The number of carbonyl (C=O) groups is 1. The first-order chi connectivity index (χ1) is 8.93. The summed E-state index contributed by atoms with van der Waals surface area (Å²) in [6.45, 7) is 0. The molecule has 0 saturated carbocycles. The van der Waals surface area contributed by atoms with Crippen LogP contribution in [0.5, 0.6) is 0 Å². The molecule has 0 bridgehead atoms. The Morgan fingerprint density at radius 1 is 1.00 bits per heavy atom. The van der Waals surface area contributed by atoms with Crippen LogP contribution in [0.4, 0.5) is 4.39 Å². The fourth-order valence-corrected chi connectivity index (χ4v) is 3.07. The van der Waals surface area contributed by atoms with E-state index in [0.717, 1.165) is 24.3 Å². The molecule has 0 spiro atoms. The van der Waals surface area contributed by atoms with Crippen LogP contribution in [0.2, 0.25) is 0 Å². The quantitative estimate of drug-likeness (QED) is 0.876.